The second kappa shape index (κ2) is 39.1. The van der Waals surface area contributed by atoms with Crippen molar-refractivity contribution in [2.45, 2.75) is 267 Å². The zero-order valence-corrected chi connectivity index (χ0v) is 65.0. The van der Waals surface area contributed by atoms with Crippen LogP contribution in [-0.2, 0) is 62.3 Å². The summed E-state index contributed by atoms with van der Waals surface area (Å²) >= 11 is 6.44. The Hall–Kier alpha value is -6.36. The summed E-state index contributed by atoms with van der Waals surface area (Å²) in [5, 5.41) is 17.5. The van der Waals surface area contributed by atoms with Gasteiger partial charge in [-0.25, -0.2) is 0 Å². The quantitative estimate of drug-likeness (QED) is 0.157. The first-order chi connectivity index (χ1) is 49.6. The van der Waals surface area contributed by atoms with Crippen LogP contribution < -0.4 is 16.0 Å². The number of rotatable bonds is 14. The van der Waals surface area contributed by atoms with Gasteiger partial charge in [-0.15, -0.1) is 11.6 Å². The average molecular weight is 1510 g/mol. The Morgan fingerprint density at radius 3 is 1.83 bits per heavy atom. The van der Waals surface area contributed by atoms with Crippen molar-refractivity contribution >= 4 is 82.5 Å². The van der Waals surface area contributed by atoms with Crippen molar-refractivity contribution in [1.82, 2.24) is 60.0 Å². The number of nitrogens with zero attached hydrogens (tertiary/aromatic N) is 9. The molecule has 594 valence electrons. The van der Waals surface area contributed by atoms with Gasteiger partial charge in [-0.1, -0.05) is 98.3 Å². The van der Waals surface area contributed by atoms with Gasteiger partial charge in [0.2, 0.25) is 70.9 Å². The molecule has 7 fully saturated rings. The Labute approximate surface area is 624 Å². The number of alkyl halides is 4. The van der Waals surface area contributed by atoms with Crippen molar-refractivity contribution in [2.75, 3.05) is 102 Å². The number of carbonyl (C=O) groups excluding carboxylic acids is 12. The predicted octanol–water partition coefficient (Wildman–Crippen LogP) is 5.47. The van der Waals surface area contributed by atoms with Gasteiger partial charge >= 0.3 is 6.18 Å². The van der Waals surface area contributed by atoms with E-state index in [1.54, 1.807) is 11.8 Å². The fourth-order valence-corrected chi connectivity index (χ4v) is 17.7. The maximum atomic E-state index is 15.9. The van der Waals surface area contributed by atoms with Gasteiger partial charge < -0.3 is 69.9 Å². The van der Waals surface area contributed by atoms with Crippen molar-refractivity contribution in [3.05, 3.63) is 0 Å². The monoisotopic (exact) mass is 1510 g/mol. The minimum atomic E-state index is -4.54. The summed E-state index contributed by atoms with van der Waals surface area (Å²) in [6, 6.07) is -9.00. The first-order valence-corrected chi connectivity index (χ1v) is 39.3. The molecular formula is C75H122ClF3N12O14. The van der Waals surface area contributed by atoms with Crippen LogP contribution >= 0.6 is 11.6 Å². The highest BCUT2D eigenvalue weighted by Gasteiger charge is 2.53. The first kappa shape index (κ1) is 85.9. The number of carbonyl (C=O) groups is 12. The molecule has 0 radical (unpaired) electrons. The van der Waals surface area contributed by atoms with Gasteiger partial charge in [-0.2, -0.15) is 13.2 Å². The molecule has 4 saturated carbocycles. The van der Waals surface area contributed by atoms with E-state index in [0.717, 1.165) is 72.5 Å². The van der Waals surface area contributed by atoms with Gasteiger partial charge in [-0.05, 0) is 119 Å². The molecule has 7 rings (SSSR count). The minimum absolute atomic E-state index is 0.00621. The second-order valence-electron chi connectivity index (χ2n) is 32.0. The number of aliphatic hydroxyl groups is 1. The van der Waals surface area contributed by atoms with E-state index in [2.05, 4.69) is 16.0 Å². The number of hydrogen-bond acceptors (Lipinski definition) is 14. The first-order valence-electron chi connectivity index (χ1n) is 38.9. The Morgan fingerprint density at radius 1 is 0.629 bits per heavy atom. The van der Waals surface area contributed by atoms with Gasteiger partial charge in [0.25, 0.3) is 0 Å². The molecule has 3 saturated heterocycles. The van der Waals surface area contributed by atoms with Gasteiger partial charge in [-0.3, -0.25) is 57.5 Å². The number of amides is 12. The standard InChI is InChI=1S/C75H122ClF3N12O14/c1-12-48(4)64-71(102)85(7)45-62(95)83(5)46-63(96)87(9)58(40-49-24-16-13-17-25-49)69(100)84(6)44-60(93)80-55(31-29-50-28-30-53(54(76)39-50)75(77,78)79)68(99)91-43-52(105-37-36-92)41-57(91)67(98)82-74(32-20-21-33-74)73(104)89(11)65(51-26-18-14-19-27-51)72(103)88(10)59(70(101)90-34-22-15-23-35-90)42-61(94)86(8)56(38-47(2)3)66(97)81-64/h47-59,64-65,92H,12-46H2,1-11H3,(H,80,93)(H,81,97)(H,82,98)/t48-,50?,52-,53?,54?,55-,56-,57-,58-,59-,64-,65-/m0/s1. The van der Waals surface area contributed by atoms with Crippen molar-refractivity contribution in [1.29, 1.82) is 0 Å². The highest BCUT2D eigenvalue weighted by Crippen LogP contribution is 2.44. The summed E-state index contributed by atoms with van der Waals surface area (Å²) in [6.45, 7) is 5.54. The lowest BCUT2D eigenvalue weighted by atomic mass is 9.78. The topological polar surface area (TPSA) is 300 Å². The molecule has 4 N–H and O–H groups in total. The smallest absolute Gasteiger partial charge is 0.393 e. The molecule has 3 aliphatic heterocycles. The van der Waals surface area contributed by atoms with Gasteiger partial charge in [0, 0.05) is 80.8 Å². The summed E-state index contributed by atoms with van der Waals surface area (Å²) in [6.07, 6.45) is 5.54. The molecular weight excluding hydrogens is 1390 g/mol. The highest BCUT2D eigenvalue weighted by atomic mass is 35.5. The van der Waals surface area contributed by atoms with Crippen LogP contribution in [0.5, 0.6) is 0 Å². The fraction of sp³-hybridized carbons (Fsp3) is 0.840. The van der Waals surface area contributed by atoms with E-state index < -0.39 is 193 Å². The lowest BCUT2D eigenvalue weighted by molar-refractivity contribution is -0.182. The molecule has 3 unspecified atom stereocenters. The number of halogens is 4. The van der Waals surface area contributed by atoms with Gasteiger partial charge in [0.15, 0.2) is 0 Å². The summed E-state index contributed by atoms with van der Waals surface area (Å²) in [5.74, 6) is -11.2. The predicted molar refractivity (Wildman–Crippen MR) is 387 cm³/mol. The van der Waals surface area contributed by atoms with Crippen molar-refractivity contribution in [3.8, 4) is 0 Å². The third-order valence-corrected chi connectivity index (χ3v) is 24.4. The summed E-state index contributed by atoms with van der Waals surface area (Å²) < 4.78 is 48.3. The molecule has 7 aliphatic rings. The van der Waals surface area contributed by atoms with E-state index in [1.165, 1.54) is 73.8 Å². The molecule has 4 aliphatic carbocycles. The zero-order valence-electron chi connectivity index (χ0n) is 64.2. The van der Waals surface area contributed by atoms with E-state index >= 15 is 28.8 Å². The highest BCUT2D eigenvalue weighted by molar-refractivity contribution is 6.21. The largest absolute Gasteiger partial charge is 0.394 e. The Kier molecular flexibility index (Phi) is 32.0. The third kappa shape index (κ3) is 22.4. The number of fused-ring (bicyclic) bond motifs is 1. The molecule has 3 heterocycles. The number of piperidine rings is 1. The molecule has 0 aromatic heterocycles. The Bertz CT molecular complexity index is 3020. The summed E-state index contributed by atoms with van der Waals surface area (Å²) in [5.41, 5.74) is -1.64. The maximum Gasteiger partial charge on any atom is 0.393 e. The van der Waals surface area contributed by atoms with Crippen LogP contribution in [0.3, 0.4) is 0 Å². The zero-order chi connectivity index (χ0) is 77.4. The molecule has 12 amide bonds. The van der Waals surface area contributed by atoms with E-state index in [1.807, 2.05) is 20.8 Å². The Morgan fingerprint density at radius 2 is 1.23 bits per heavy atom. The van der Waals surface area contributed by atoms with Crippen LogP contribution in [0.25, 0.3) is 0 Å². The average Bonchev–Trinajstić information content (AvgIpc) is 1.11. The fourth-order valence-electron chi connectivity index (χ4n) is 17.2. The van der Waals surface area contributed by atoms with Crippen molar-refractivity contribution in [2.24, 2.45) is 35.5 Å². The molecule has 0 aromatic rings. The lowest BCUT2D eigenvalue weighted by Crippen LogP contribution is -2.65. The SMILES string of the molecule is CC[C@H](C)[C@@H]1NC(=O)[C@H](CC(C)C)N(C)C(=O)C[C@@H](C(=O)N2CCCCC2)N(C)C(=O)[C@H](C2CCCCC2)N(C)C(=O)C2(CCCC2)NC(=O)[C@@H]2C[C@H](OCCO)CN2C(=O)[C@H](CCC2CCC(C(F)(F)F)C(Cl)C2)NC(=O)CN(C)C(=O)[C@H](CC2CCCCC2)N(C)C(=O)CN(C)C(=O)CN(C)C1=O. The van der Waals surface area contributed by atoms with E-state index in [-0.39, 0.29) is 89.2 Å². The van der Waals surface area contributed by atoms with Crippen LogP contribution in [0.4, 0.5) is 13.2 Å². The van der Waals surface area contributed by atoms with Crippen LogP contribution in [0.2, 0.25) is 0 Å². The van der Waals surface area contributed by atoms with E-state index in [0.29, 0.717) is 58.0 Å². The normalized spacial score (nSPS) is 30.0. The maximum absolute atomic E-state index is 15.9. The Balaban J connectivity index is 1.31. The molecule has 0 aromatic carbocycles. The lowest BCUT2D eigenvalue weighted by Gasteiger charge is -2.43. The third-order valence-electron chi connectivity index (χ3n) is 23.9. The molecule has 30 heteroatoms. The summed E-state index contributed by atoms with van der Waals surface area (Å²) in [7, 11) is 9.99. The molecule has 0 bridgehead atoms. The van der Waals surface area contributed by atoms with Crippen molar-refractivity contribution < 1.29 is 80.5 Å². The number of likely N-dealkylation sites (N-methyl/N-ethyl adjacent to an activating group) is 7. The number of aliphatic hydroxyl groups excluding tert-OH is 1. The van der Waals surface area contributed by atoms with Crippen LogP contribution in [-0.4, -0.2) is 287 Å². The van der Waals surface area contributed by atoms with E-state index in [9.17, 15) is 47.0 Å². The van der Waals surface area contributed by atoms with Crippen LogP contribution in [0.1, 0.15) is 201 Å². The van der Waals surface area contributed by atoms with Crippen molar-refractivity contribution in [3.63, 3.8) is 0 Å². The van der Waals surface area contributed by atoms with Crippen LogP contribution in [0, 0.1) is 35.5 Å². The van der Waals surface area contributed by atoms with Gasteiger partial charge in [0.05, 0.1) is 51.3 Å². The molecule has 12 atom stereocenters. The van der Waals surface area contributed by atoms with Gasteiger partial charge in [0.1, 0.15) is 47.8 Å². The molecule has 1 spiro atoms. The molecule has 105 heavy (non-hydrogen) atoms. The second-order valence-corrected chi connectivity index (χ2v) is 32.6. The van der Waals surface area contributed by atoms with Crippen LogP contribution in [0.15, 0.2) is 0 Å². The summed E-state index contributed by atoms with van der Waals surface area (Å²) in [4.78, 5) is 193. The minimum Gasteiger partial charge on any atom is -0.394 e. The van der Waals surface area contributed by atoms with E-state index in [4.69, 9.17) is 16.3 Å². The number of hydrogen-bond donors (Lipinski definition) is 4. The number of likely N-dealkylation sites (tertiary alicyclic amines) is 1. The number of nitrogens with one attached hydrogen (secondary N) is 3. The number of ether oxygens (including phenoxy) is 1. The molecule has 26 nitrogen and oxygen atoms in total.